The average Bonchev–Trinajstić information content (AvgIpc) is 3.41. The van der Waals surface area contributed by atoms with E-state index in [0.29, 0.717) is 36.5 Å². The van der Waals surface area contributed by atoms with E-state index in [1.54, 1.807) is 48.5 Å². The highest BCUT2D eigenvalue weighted by molar-refractivity contribution is 7.89. The Morgan fingerprint density at radius 1 is 1.24 bits per heavy atom. The second-order valence-corrected chi connectivity index (χ2v) is 8.71. The highest BCUT2D eigenvalue weighted by Gasteiger charge is 2.35. The highest BCUT2D eigenvalue weighted by atomic mass is 32.2. The largest absolute Gasteiger partial charge is 0.861 e. The molecule has 3 aromatic rings. The number of H-pyrrole nitrogens is 1. The molecule has 1 aliphatic rings. The van der Waals surface area contributed by atoms with E-state index in [2.05, 4.69) is 25.6 Å². The van der Waals surface area contributed by atoms with Crippen molar-refractivity contribution >= 4 is 21.6 Å². The maximum Gasteiger partial charge on any atom is 0.243 e. The van der Waals surface area contributed by atoms with Crippen molar-refractivity contribution in [2.75, 3.05) is 6.54 Å². The van der Waals surface area contributed by atoms with Crippen LogP contribution in [0.5, 0.6) is 0 Å². The van der Waals surface area contributed by atoms with Gasteiger partial charge in [0.25, 0.3) is 0 Å². The number of aryl methyl sites for hydroxylation is 1. The molecule has 0 amide bonds. The average molecular weight is 411 g/mol. The summed E-state index contributed by atoms with van der Waals surface area (Å²) in [7, 11) is -3.77. The zero-order valence-corrected chi connectivity index (χ0v) is 16.5. The lowest BCUT2D eigenvalue weighted by Gasteiger charge is -2.28. The molecule has 1 aromatic heterocycles. The predicted molar refractivity (Wildman–Crippen MR) is 105 cm³/mol. The van der Waals surface area contributed by atoms with E-state index in [1.807, 2.05) is 6.92 Å². The normalized spacial score (nSPS) is 18.2. The Labute approximate surface area is 168 Å². The van der Waals surface area contributed by atoms with E-state index < -0.39 is 22.0 Å². The Balaban J connectivity index is 1.62. The molecule has 2 aromatic carbocycles. The lowest BCUT2D eigenvalue weighted by atomic mass is 10.2. The Kier molecular flexibility index (Phi) is 5.12. The van der Waals surface area contributed by atoms with Crippen molar-refractivity contribution in [2.24, 2.45) is 4.99 Å². The minimum absolute atomic E-state index is 0.182. The number of hydrogen-bond donors (Lipinski definition) is 1. The van der Waals surface area contributed by atoms with Crippen LogP contribution in [-0.4, -0.2) is 51.8 Å². The fourth-order valence-electron chi connectivity index (χ4n) is 3.32. The van der Waals surface area contributed by atoms with Gasteiger partial charge in [-0.3, -0.25) is 4.99 Å². The molecular weight excluding hydrogens is 392 g/mol. The van der Waals surface area contributed by atoms with Crippen LogP contribution in [0.25, 0.3) is 11.4 Å². The van der Waals surface area contributed by atoms with Crippen LogP contribution in [-0.2, 0) is 10.0 Å². The number of aliphatic imine (C=N–C) groups is 1. The van der Waals surface area contributed by atoms with E-state index >= 15 is 0 Å². The Bertz CT molecular complexity index is 1130. The van der Waals surface area contributed by atoms with Gasteiger partial charge in [0.05, 0.1) is 16.6 Å². The van der Waals surface area contributed by atoms with Crippen LogP contribution in [0.4, 0.5) is 5.69 Å². The van der Waals surface area contributed by atoms with Crippen LogP contribution in [0.15, 0.2) is 58.4 Å². The number of rotatable bonds is 5. The number of nitrogens with one attached hydrogen (secondary N) is 1. The molecule has 1 saturated heterocycles. The first-order valence-electron chi connectivity index (χ1n) is 9.13. The van der Waals surface area contributed by atoms with Crippen molar-refractivity contribution in [3.8, 4) is 11.4 Å². The Morgan fingerprint density at radius 2 is 2.03 bits per heavy atom. The first-order valence-corrected chi connectivity index (χ1v) is 10.6. The van der Waals surface area contributed by atoms with Crippen LogP contribution in [0.3, 0.4) is 0 Å². The molecule has 0 radical (unpaired) electrons. The molecule has 2 heterocycles. The summed E-state index contributed by atoms with van der Waals surface area (Å²) >= 11 is 0. The fourth-order valence-corrected chi connectivity index (χ4v) is 4.97. The van der Waals surface area contributed by atoms with Crippen molar-refractivity contribution in [1.82, 2.24) is 24.9 Å². The van der Waals surface area contributed by atoms with Crippen LogP contribution < -0.4 is 5.11 Å². The summed E-state index contributed by atoms with van der Waals surface area (Å²) in [5.41, 5.74) is 2.04. The maximum absolute atomic E-state index is 13.0. The molecule has 0 aliphatic carbocycles. The molecule has 9 nitrogen and oxygen atoms in total. The van der Waals surface area contributed by atoms with Gasteiger partial charge in [0, 0.05) is 12.1 Å². The van der Waals surface area contributed by atoms with Crippen molar-refractivity contribution in [3.63, 3.8) is 0 Å². The van der Waals surface area contributed by atoms with Gasteiger partial charge >= 0.3 is 0 Å². The molecule has 10 heteroatoms. The summed E-state index contributed by atoms with van der Waals surface area (Å²) in [4.78, 5) is 4.33. The number of nitrogens with zero attached hydrogens (tertiary/aromatic N) is 5. The maximum atomic E-state index is 13.0. The second-order valence-electron chi connectivity index (χ2n) is 6.82. The monoisotopic (exact) mass is 411 g/mol. The highest BCUT2D eigenvalue weighted by Crippen LogP contribution is 2.28. The molecule has 1 aliphatic heterocycles. The van der Waals surface area contributed by atoms with Crippen LogP contribution in [0.1, 0.15) is 18.4 Å². The minimum Gasteiger partial charge on any atom is -0.861 e. The molecule has 0 spiro atoms. The third-order valence-corrected chi connectivity index (χ3v) is 6.73. The van der Waals surface area contributed by atoms with Gasteiger partial charge in [-0.1, -0.05) is 29.8 Å². The number of aromatic nitrogens is 4. The first-order chi connectivity index (χ1) is 13.9. The number of tetrazole rings is 1. The molecule has 150 valence electrons. The molecule has 0 bridgehead atoms. The third kappa shape index (κ3) is 3.89. The molecule has 4 rings (SSSR count). The summed E-state index contributed by atoms with van der Waals surface area (Å²) in [6.45, 7) is 2.19. The Hall–Kier alpha value is -3.11. The summed E-state index contributed by atoms with van der Waals surface area (Å²) in [6.07, 6.45) is 1.05. The topological polar surface area (TPSA) is 127 Å². The molecule has 29 heavy (non-hydrogen) atoms. The standard InChI is InChI=1S/C19H20N6O3S/c1-13-7-9-16(10-8-13)29(27,28)25-11-3-6-17(25)19(26)20-15-5-2-4-14(12-15)18-21-23-24-22-18/h2,4-5,7-10,12,17H,3,6,11H2,1H3,(H,20,26)(H,21,22,23,24)/p-1/t17-/m0/s1. The fraction of sp³-hybridized carbons (Fsp3) is 0.263. The molecule has 1 fully saturated rings. The van der Waals surface area contributed by atoms with Crippen LogP contribution in [0.2, 0.25) is 0 Å². The molecule has 0 saturated carbocycles. The van der Waals surface area contributed by atoms with Crippen molar-refractivity contribution < 1.29 is 13.5 Å². The quantitative estimate of drug-likeness (QED) is 0.500. The van der Waals surface area contributed by atoms with Gasteiger partial charge in [-0.15, -0.1) is 10.2 Å². The van der Waals surface area contributed by atoms with Crippen molar-refractivity contribution in [3.05, 3.63) is 54.1 Å². The van der Waals surface area contributed by atoms with E-state index in [0.717, 1.165) is 5.56 Å². The van der Waals surface area contributed by atoms with Gasteiger partial charge in [-0.2, -0.15) is 9.52 Å². The van der Waals surface area contributed by atoms with Gasteiger partial charge in [0.1, 0.15) is 0 Å². The second kappa shape index (κ2) is 7.72. The van der Waals surface area contributed by atoms with Gasteiger partial charge in [0.2, 0.25) is 15.8 Å². The van der Waals surface area contributed by atoms with Crippen molar-refractivity contribution in [2.45, 2.75) is 30.7 Å². The van der Waals surface area contributed by atoms with Crippen molar-refractivity contribution in [1.29, 1.82) is 0 Å². The van der Waals surface area contributed by atoms with Crippen LogP contribution >= 0.6 is 0 Å². The predicted octanol–water partition coefficient (Wildman–Crippen LogP) is 1.42. The molecule has 0 unspecified atom stereocenters. The third-order valence-electron chi connectivity index (χ3n) is 4.81. The summed E-state index contributed by atoms with van der Waals surface area (Å²) in [5, 5.41) is 26.5. The van der Waals surface area contributed by atoms with E-state index in [1.165, 1.54) is 4.31 Å². The van der Waals surface area contributed by atoms with Gasteiger partial charge in [-0.25, -0.2) is 8.42 Å². The minimum atomic E-state index is -3.77. The molecule has 1 atom stereocenters. The van der Waals surface area contributed by atoms with Gasteiger partial charge < -0.3 is 5.11 Å². The van der Waals surface area contributed by atoms with E-state index in [-0.39, 0.29) is 4.90 Å². The summed E-state index contributed by atoms with van der Waals surface area (Å²) in [6, 6.07) is 12.7. The van der Waals surface area contributed by atoms with E-state index in [4.69, 9.17) is 0 Å². The van der Waals surface area contributed by atoms with E-state index in [9.17, 15) is 13.5 Å². The number of hydrogen-bond acceptors (Lipinski definition) is 7. The van der Waals surface area contributed by atoms with Gasteiger partial charge in [-0.05, 0) is 55.1 Å². The zero-order valence-electron chi connectivity index (χ0n) is 15.7. The number of sulfonamides is 1. The summed E-state index contributed by atoms with van der Waals surface area (Å²) < 4.78 is 27.3. The molecule has 1 N–H and O–H groups in total. The lowest BCUT2D eigenvalue weighted by Crippen LogP contribution is -2.45. The number of benzene rings is 2. The smallest absolute Gasteiger partial charge is 0.243 e. The molecular formula is C19H19N6O3S-. The van der Waals surface area contributed by atoms with Gasteiger partial charge in [0.15, 0.2) is 0 Å². The summed E-state index contributed by atoms with van der Waals surface area (Å²) in [5.74, 6) is -0.0950. The lowest BCUT2D eigenvalue weighted by molar-refractivity contribution is -0.222. The number of aromatic amines is 1. The Morgan fingerprint density at radius 3 is 2.76 bits per heavy atom. The first kappa shape index (κ1) is 19.2. The van der Waals surface area contributed by atoms with Crippen LogP contribution in [0, 0.1) is 6.92 Å². The zero-order chi connectivity index (χ0) is 20.4. The SMILES string of the molecule is Cc1ccc(S(=O)(=O)N2CCC[C@H]2C([O-])=Nc2cccc(-c3nn[nH]n3)c2)cc1.